The van der Waals surface area contributed by atoms with Crippen LogP contribution in [0.4, 0.5) is 0 Å². The van der Waals surface area contributed by atoms with Gasteiger partial charge in [-0.05, 0) is 36.4 Å². The van der Waals surface area contributed by atoms with Gasteiger partial charge in [0.1, 0.15) is 17.5 Å². The molecule has 2 aromatic rings. The molecule has 0 aromatic heterocycles. The van der Waals surface area contributed by atoms with Crippen molar-refractivity contribution in [2.24, 2.45) is 0 Å². The quantitative estimate of drug-likeness (QED) is 0.568. The van der Waals surface area contributed by atoms with E-state index in [0.717, 1.165) is 0 Å². The molecule has 9 nitrogen and oxygen atoms in total. The molecule has 5 rings (SSSR count). The monoisotopic (exact) mass is 561 g/mol. The first-order chi connectivity index (χ1) is 18.3. The number of amides is 3. The molecule has 0 saturated carbocycles. The third-order valence-electron chi connectivity index (χ3n) is 7.40. The molecule has 3 saturated heterocycles. The van der Waals surface area contributed by atoms with Crippen LogP contribution in [0.1, 0.15) is 33.6 Å². The van der Waals surface area contributed by atoms with Crippen LogP contribution in [0.3, 0.4) is 0 Å². The molecule has 0 N–H and O–H groups in total. The summed E-state index contributed by atoms with van der Waals surface area (Å²) in [7, 11) is 1.54. The lowest BCUT2D eigenvalue weighted by Gasteiger charge is -2.45. The first-order valence-electron chi connectivity index (χ1n) is 12.6. The van der Waals surface area contributed by atoms with Gasteiger partial charge in [0.25, 0.3) is 11.8 Å². The van der Waals surface area contributed by atoms with E-state index < -0.39 is 11.8 Å². The van der Waals surface area contributed by atoms with Crippen molar-refractivity contribution in [3.05, 3.63) is 63.6 Å². The molecule has 202 valence electrons. The zero-order chi connectivity index (χ0) is 26.9. The first-order valence-corrected chi connectivity index (χ1v) is 13.3. The second-order valence-electron chi connectivity index (χ2n) is 9.54. The Morgan fingerprint density at radius 3 is 2.29 bits per heavy atom. The lowest BCUT2D eigenvalue weighted by molar-refractivity contribution is -0.141. The molecule has 2 aromatic carbocycles. The third kappa shape index (κ3) is 5.08. The summed E-state index contributed by atoms with van der Waals surface area (Å²) in [5.41, 5.74) is -0.169. The van der Waals surface area contributed by atoms with Crippen LogP contribution in [0.15, 0.2) is 42.5 Å². The highest BCUT2D eigenvalue weighted by Crippen LogP contribution is 2.39. The SMILES string of the molecule is COc1cccc(C(=O)N2[C@H](C(=O)N3CCOCC3)COC23CCN(C(=O)c2ccc(Cl)c(Cl)c2)CC3)c1. The van der Waals surface area contributed by atoms with Crippen LogP contribution in [-0.4, -0.2) is 97.3 Å². The van der Waals surface area contributed by atoms with Gasteiger partial charge in [0.05, 0.1) is 37.0 Å². The molecule has 0 radical (unpaired) electrons. The second-order valence-corrected chi connectivity index (χ2v) is 10.4. The van der Waals surface area contributed by atoms with E-state index in [1.165, 1.54) is 7.11 Å². The van der Waals surface area contributed by atoms with Crippen LogP contribution < -0.4 is 4.74 Å². The molecule has 1 spiro atoms. The highest BCUT2D eigenvalue weighted by molar-refractivity contribution is 6.42. The summed E-state index contributed by atoms with van der Waals surface area (Å²) in [6, 6.07) is 10.9. The maximum absolute atomic E-state index is 14.0. The molecule has 0 aliphatic carbocycles. The number of hydrogen-bond donors (Lipinski definition) is 0. The first kappa shape index (κ1) is 26.7. The largest absolute Gasteiger partial charge is 0.497 e. The molecule has 0 unspecified atom stereocenters. The standard InChI is InChI=1S/C27H29Cl2N3O6/c1-36-20-4-2-3-18(15-20)25(34)32-23(26(35)31-11-13-37-14-12-31)17-38-27(32)7-9-30(10-8-27)24(33)19-5-6-21(28)22(29)16-19/h2-6,15-16,23H,7-14,17H2,1H3/t23-/m0/s1. The molecule has 3 heterocycles. The average Bonchev–Trinajstić information content (AvgIpc) is 3.32. The van der Waals surface area contributed by atoms with Gasteiger partial charge in [-0.2, -0.15) is 0 Å². The Labute approximate surface area is 231 Å². The summed E-state index contributed by atoms with van der Waals surface area (Å²) < 4.78 is 17.0. The van der Waals surface area contributed by atoms with Crippen LogP contribution in [0, 0.1) is 0 Å². The number of ether oxygens (including phenoxy) is 3. The van der Waals surface area contributed by atoms with Crippen molar-refractivity contribution in [2.75, 3.05) is 53.1 Å². The molecule has 3 fully saturated rings. The fourth-order valence-corrected chi connectivity index (χ4v) is 5.61. The lowest BCUT2D eigenvalue weighted by atomic mass is 9.96. The van der Waals surface area contributed by atoms with Crippen molar-refractivity contribution in [1.29, 1.82) is 0 Å². The number of benzene rings is 2. The number of likely N-dealkylation sites (tertiary alicyclic amines) is 1. The van der Waals surface area contributed by atoms with Crippen molar-refractivity contribution in [3.63, 3.8) is 0 Å². The minimum absolute atomic E-state index is 0.0899. The van der Waals surface area contributed by atoms with Gasteiger partial charge in [0.15, 0.2) is 0 Å². The smallest absolute Gasteiger partial charge is 0.257 e. The summed E-state index contributed by atoms with van der Waals surface area (Å²) in [5, 5.41) is 0.687. The van der Waals surface area contributed by atoms with Crippen LogP contribution in [0.25, 0.3) is 0 Å². The number of halogens is 2. The Kier molecular flexibility index (Phi) is 7.81. The van der Waals surface area contributed by atoms with E-state index in [4.69, 9.17) is 37.4 Å². The van der Waals surface area contributed by atoms with E-state index in [1.54, 1.807) is 57.2 Å². The Bertz CT molecular complexity index is 1230. The number of morpholine rings is 1. The average molecular weight is 562 g/mol. The third-order valence-corrected chi connectivity index (χ3v) is 8.14. The number of nitrogens with zero attached hydrogens (tertiary/aromatic N) is 3. The van der Waals surface area contributed by atoms with Gasteiger partial charge in [0.2, 0.25) is 5.91 Å². The van der Waals surface area contributed by atoms with Crippen LogP contribution in [-0.2, 0) is 14.3 Å². The van der Waals surface area contributed by atoms with E-state index in [1.807, 2.05) is 0 Å². The molecule has 3 aliphatic heterocycles. The Balaban J connectivity index is 1.40. The molecule has 38 heavy (non-hydrogen) atoms. The predicted molar refractivity (Wildman–Crippen MR) is 141 cm³/mol. The maximum Gasteiger partial charge on any atom is 0.257 e. The van der Waals surface area contributed by atoms with Gasteiger partial charge < -0.3 is 24.0 Å². The summed E-state index contributed by atoms with van der Waals surface area (Å²) in [6.07, 6.45) is 0.728. The summed E-state index contributed by atoms with van der Waals surface area (Å²) >= 11 is 12.1. The number of hydrogen-bond acceptors (Lipinski definition) is 6. The zero-order valence-electron chi connectivity index (χ0n) is 21.0. The van der Waals surface area contributed by atoms with Crippen LogP contribution in [0.5, 0.6) is 5.75 Å². The molecule has 3 aliphatic rings. The molecule has 1 atom stereocenters. The minimum atomic E-state index is -1.01. The van der Waals surface area contributed by atoms with E-state index in [9.17, 15) is 14.4 Å². The number of carbonyl (C=O) groups is 3. The predicted octanol–water partition coefficient (Wildman–Crippen LogP) is 3.33. The summed E-state index contributed by atoms with van der Waals surface area (Å²) in [6.45, 7) is 2.64. The maximum atomic E-state index is 14.0. The fourth-order valence-electron chi connectivity index (χ4n) is 5.32. The number of methoxy groups -OCH3 is 1. The Morgan fingerprint density at radius 1 is 0.895 bits per heavy atom. The van der Waals surface area contributed by atoms with Crippen molar-refractivity contribution in [3.8, 4) is 5.75 Å². The van der Waals surface area contributed by atoms with Crippen LogP contribution in [0.2, 0.25) is 10.0 Å². The number of rotatable bonds is 4. The van der Waals surface area contributed by atoms with Gasteiger partial charge in [-0.3, -0.25) is 19.3 Å². The van der Waals surface area contributed by atoms with Gasteiger partial charge in [-0.1, -0.05) is 29.3 Å². The van der Waals surface area contributed by atoms with E-state index in [2.05, 4.69) is 0 Å². The fraction of sp³-hybridized carbons (Fsp3) is 0.444. The highest BCUT2D eigenvalue weighted by atomic mass is 35.5. The Hall–Kier alpha value is -2.85. The highest BCUT2D eigenvalue weighted by Gasteiger charge is 2.55. The second kappa shape index (κ2) is 11.1. The minimum Gasteiger partial charge on any atom is -0.497 e. The van der Waals surface area contributed by atoms with Crippen molar-refractivity contribution >= 4 is 40.9 Å². The van der Waals surface area contributed by atoms with Gasteiger partial charge in [-0.15, -0.1) is 0 Å². The van der Waals surface area contributed by atoms with E-state index >= 15 is 0 Å². The van der Waals surface area contributed by atoms with Crippen molar-refractivity contribution in [2.45, 2.75) is 24.6 Å². The number of carbonyl (C=O) groups excluding carboxylic acids is 3. The van der Waals surface area contributed by atoms with Gasteiger partial charge >= 0.3 is 0 Å². The topological polar surface area (TPSA) is 88.6 Å². The lowest BCUT2D eigenvalue weighted by Crippen LogP contribution is -2.60. The number of piperidine rings is 1. The zero-order valence-corrected chi connectivity index (χ0v) is 22.5. The van der Waals surface area contributed by atoms with E-state index in [0.29, 0.717) is 79.2 Å². The van der Waals surface area contributed by atoms with E-state index in [-0.39, 0.29) is 24.3 Å². The molecule has 3 amide bonds. The molecular formula is C27H29Cl2N3O6. The molecule has 11 heteroatoms. The van der Waals surface area contributed by atoms with Crippen LogP contribution >= 0.6 is 23.2 Å². The molecular weight excluding hydrogens is 533 g/mol. The summed E-state index contributed by atoms with van der Waals surface area (Å²) in [5.74, 6) is -0.0980. The van der Waals surface area contributed by atoms with Gasteiger partial charge in [-0.25, -0.2) is 0 Å². The molecule has 0 bridgehead atoms. The van der Waals surface area contributed by atoms with Gasteiger partial charge in [0, 0.05) is 50.1 Å². The normalized spacial score (nSPS) is 21.0. The summed E-state index contributed by atoms with van der Waals surface area (Å²) in [4.78, 5) is 45.8. The van der Waals surface area contributed by atoms with Crippen molar-refractivity contribution < 1.29 is 28.6 Å². The van der Waals surface area contributed by atoms with Crippen molar-refractivity contribution in [1.82, 2.24) is 14.7 Å². The Morgan fingerprint density at radius 2 is 1.61 bits per heavy atom.